The van der Waals surface area contributed by atoms with Crippen LogP contribution in [0.3, 0.4) is 0 Å². The average Bonchev–Trinajstić information content (AvgIpc) is 3.37. The molecule has 0 aliphatic carbocycles. The minimum atomic E-state index is -0.877. The van der Waals surface area contributed by atoms with Gasteiger partial charge in [0.05, 0.1) is 24.2 Å². The number of imidazole rings is 1. The van der Waals surface area contributed by atoms with Gasteiger partial charge in [-0.2, -0.15) is 0 Å². The Balaban J connectivity index is 1.49. The van der Waals surface area contributed by atoms with E-state index in [1.165, 1.54) is 0 Å². The predicted octanol–water partition coefficient (Wildman–Crippen LogP) is 5.14. The fraction of sp³-hybridized carbons (Fsp3) is 0.480. The number of ketones is 1. The second-order valence-electron chi connectivity index (χ2n) is 8.20. The third-order valence-electron chi connectivity index (χ3n) is 5.72. The molecule has 1 N–H and O–H groups in total. The number of carboxylic acids is 1. The first-order valence-electron chi connectivity index (χ1n) is 11.7. The summed E-state index contributed by atoms with van der Waals surface area (Å²) in [6.07, 6.45) is 12.0. The van der Waals surface area contributed by atoms with E-state index in [9.17, 15) is 14.7 Å². The lowest BCUT2D eigenvalue weighted by Gasteiger charge is -2.37. The molecule has 7 nitrogen and oxygen atoms in total. The third-order valence-corrected chi connectivity index (χ3v) is 8.01. The Morgan fingerprint density at radius 3 is 2.74 bits per heavy atom. The summed E-state index contributed by atoms with van der Waals surface area (Å²) in [5, 5.41) is 9.77. The van der Waals surface area contributed by atoms with Crippen LogP contribution in [-0.4, -0.2) is 55.0 Å². The zero-order chi connectivity index (χ0) is 24.2. The average molecular weight is 504 g/mol. The number of rotatable bonds is 15. The van der Waals surface area contributed by atoms with Crippen molar-refractivity contribution in [1.29, 1.82) is 0 Å². The van der Waals surface area contributed by atoms with Gasteiger partial charge in [0.1, 0.15) is 12.4 Å². The number of aromatic nitrogens is 2. The van der Waals surface area contributed by atoms with E-state index in [2.05, 4.69) is 16.1 Å². The number of unbranched alkanes of at least 4 members (excludes halogenated alkanes) is 3. The summed E-state index contributed by atoms with van der Waals surface area (Å²) in [6.45, 7) is 5.04. The quantitative estimate of drug-likeness (QED) is 0.155. The van der Waals surface area contributed by atoms with Crippen LogP contribution in [0.1, 0.15) is 38.5 Å². The minimum Gasteiger partial charge on any atom is -0.490 e. The maximum atomic E-state index is 13.1. The summed E-state index contributed by atoms with van der Waals surface area (Å²) in [5.41, 5.74) is 0. The Morgan fingerprint density at radius 2 is 2.03 bits per heavy atom. The van der Waals surface area contributed by atoms with E-state index in [0.717, 1.165) is 42.9 Å². The van der Waals surface area contributed by atoms with Crippen LogP contribution in [0.5, 0.6) is 5.75 Å². The highest BCUT2D eigenvalue weighted by atomic mass is 32.2. The molecule has 0 saturated carbocycles. The molecule has 1 saturated heterocycles. The summed E-state index contributed by atoms with van der Waals surface area (Å²) >= 11 is 3.19. The van der Waals surface area contributed by atoms with Crippen LogP contribution in [0, 0.1) is 5.92 Å². The Labute approximate surface area is 210 Å². The zero-order valence-corrected chi connectivity index (χ0v) is 21.0. The van der Waals surface area contributed by atoms with Crippen molar-refractivity contribution in [3.05, 3.63) is 55.6 Å². The molecule has 2 heterocycles. The van der Waals surface area contributed by atoms with Crippen molar-refractivity contribution in [3.8, 4) is 5.75 Å². The van der Waals surface area contributed by atoms with Gasteiger partial charge in [-0.1, -0.05) is 37.4 Å². The zero-order valence-electron chi connectivity index (χ0n) is 19.4. The molecule has 0 radical (unpaired) electrons. The van der Waals surface area contributed by atoms with Crippen molar-refractivity contribution in [1.82, 2.24) is 13.9 Å². The Morgan fingerprint density at radius 1 is 1.24 bits per heavy atom. The van der Waals surface area contributed by atoms with Crippen LogP contribution in [0.2, 0.25) is 0 Å². The van der Waals surface area contributed by atoms with Gasteiger partial charge in [0.25, 0.3) is 0 Å². The van der Waals surface area contributed by atoms with Crippen LogP contribution < -0.4 is 4.74 Å². The topological polar surface area (TPSA) is 84.7 Å². The molecule has 0 spiro atoms. The first-order valence-corrected chi connectivity index (χ1v) is 13.6. The van der Waals surface area contributed by atoms with Crippen molar-refractivity contribution in [2.75, 3.05) is 18.2 Å². The molecule has 0 bridgehead atoms. The molecule has 0 amide bonds. The number of carboxylic acid groups (broad SMARTS) is 1. The number of hydrogen-bond donors (Lipinski definition) is 1. The van der Waals surface area contributed by atoms with Crippen molar-refractivity contribution in [2.45, 2.75) is 56.0 Å². The lowest BCUT2D eigenvalue weighted by Crippen LogP contribution is -2.48. The summed E-state index contributed by atoms with van der Waals surface area (Å²) in [6, 6.07) is 7.19. The molecule has 34 heavy (non-hydrogen) atoms. The van der Waals surface area contributed by atoms with Crippen molar-refractivity contribution < 1.29 is 19.4 Å². The van der Waals surface area contributed by atoms with Gasteiger partial charge in [0, 0.05) is 36.0 Å². The monoisotopic (exact) mass is 503 g/mol. The molecule has 1 fully saturated rings. The summed E-state index contributed by atoms with van der Waals surface area (Å²) in [5.74, 6) is 0.568. The molecule has 2 atom stereocenters. The molecular formula is C25H33N3O4S2. The fourth-order valence-electron chi connectivity index (χ4n) is 3.94. The molecule has 3 rings (SSSR count). The lowest BCUT2D eigenvalue weighted by molar-refractivity contribution is -0.146. The first-order chi connectivity index (χ1) is 16.6. The molecule has 1 aliphatic rings. The van der Waals surface area contributed by atoms with Crippen molar-refractivity contribution in [3.63, 3.8) is 0 Å². The summed E-state index contributed by atoms with van der Waals surface area (Å²) < 4.78 is 9.56. The maximum Gasteiger partial charge on any atom is 0.308 e. The van der Waals surface area contributed by atoms with Gasteiger partial charge in [-0.15, -0.1) is 11.8 Å². The van der Waals surface area contributed by atoms with Crippen molar-refractivity contribution >= 4 is 35.5 Å². The van der Waals surface area contributed by atoms with Gasteiger partial charge >= 0.3 is 5.97 Å². The molecule has 9 heteroatoms. The highest BCUT2D eigenvalue weighted by Crippen LogP contribution is 2.35. The second-order valence-corrected chi connectivity index (χ2v) is 10.4. The molecule has 2 aromatic rings. The highest BCUT2D eigenvalue weighted by Gasteiger charge is 2.40. The number of aliphatic carboxylic acids is 1. The van der Waals surface area contributed by atoms with E-state index in [0.29, 0.717) is 31.1 Å². The number of ether oxygens (including phenoxy) is 1. The number of carbonyl (C=O) groups excluding carboxylic acids is 1. The first kappa shape index (κ1) is 26.4. The van der Waals surface area contributed by atoms with Crippen LogP contribution in [0.25, 0.3) is 0 Å². The van der Waals surface area contributed by atoms with Gasteiger partial charge < -0.3 is 14.4 Å². The van der Waals surface area contributed by atoms with E-state index < -0.39 is 17.9 Å². The van der Waals surface area contributed by atoms with Crippen LogP contribution in [0.4, 0.5) is 0 Å². The standard InChI is InChI=1S/C25H33N3O4S2/c1-2-16-32-20-8-10-21(11-9-20)33-19-28-24(22(25(30)31)12-17-34-28)23(29)7-5-3-4-6-14-27-15-13-26-18-27/h2,8-11,13,15,18,22,24H,1,3-7,12,14,16-17,19H2,(H,30,31). The largest absolute Gasteiger partial charge is 0.490 e. The SMILES string of the molecule is C=CCOc1ccc(SCN2SCCC(C(=O)O)C2C(=O)CCCCCCn2ccnc2)cc1. The fourth-order valence-corrected chi connectivity index (χ4v) is 6.18. The van der Waals surface area contributed by atoms with Gasteiger partial charge in [-0.25, -0.2) is 9.29 Å². The Kier molecular flexibility index (Phi) is 11.0. The Hall–Kier alpha value is -2.23. The van der Waals surface area contributed by atoms with Gasteiger partial charge in [-0.05, 0) is 43.5 Å². The maximum absolute atomic E-state index is 13.1. The number of benzene rings is 1. The normalized spacial score (nSPS) is 18.5. The van der Waals surface area contributed by atoms with E-state index in [4.69, 9.17) is 4.74 Å². The molecule has 1 aliphatic heterocycles. The molecule has 184 valence electrons. The number of Topliss-reactive ketones (excluding diaryl/α,β-unsaturated/α-hetero) is 1. The van der Waals surface area contributed by atoms with E-state index in [-0.39, 0.29) is 5.78 Å². The highest BCUT2D eigenvalue weighted by molar-refractivity contribution is 8.01. The molecule has 1 aromatic carbocycles. The van der Waals surface area contributed by atoms with Crippen molar-refractivity contribution in [2.24, 2.45) is 5.92 Å². The predicted molar refractivity (Wildman–Crippen MR) is 137 cm³/mol. The number of nitrogens with zero attached hydrogens (tertiary/aromatic N) is 3. The molecular weight excluding hydrogens is 470 g/mol. The van der Waals surface area contributed by atoms with Gasteiger partial charge in [0.15, 0.2) is 5.78 Å². The Bertz CT molecular complexity index is 905. The van der Waals surface area contributed by atoms with Crippen LogP contribution >= 0.6 is 23.7 Å². The van der Waals surface area contributed by atoms with Gasteiger partial charge in [0.2, 0.25) is 0 Å². The number of carbonyl (C=O) groups is 2. The van der Waals surface area contributed by atoms with Gasteiger partial charge in [-0.3, -0.25) is 9.59 Å². The lowest BCUT2D eigenvalue weighted by atomic mass is 9.91. The summed E-state index contributed by atoms with van der Waals surface area (Å²) in [7, 11) is 0. The van der Waals surface area contributed by atoms with E-state index >= 15 is 0 Å². The molecule has 1 aromatic heterocycles. The number of thioether (sulfide) groups is 1. The van der Waals surface area contributed by atoms with Crippen LogP contribution in [0.15, 0.2) is 60.5 Å². The molecule has 2 unspecified atom stereocenters. The third kappa shape index (κ3) is 8.21. The minimum absolute atomic E-state index is 0.0444. The van der Waals surface area contributed by atoms with E-state index in [1.54, 1.807) is 36.0 Å². The second kappa shape index (κ2) is 14.2. The number of hydrogen-bond acceptors (Lipinski definition) is 7. The number of aryl methyl sites for hydroxylation is 1. The van der Waals surface area contributed by atoms with E-state index in [1.807, 2.05) is 41.1 Å². The smallest absolute Gasteiger partial charge is 0.308 e. The summed E-state index contributed by atoms with van der Waals surface area (Å²) in [4.78, 5) is 30.1. The van der Waals surface area contributed by atoms with Crippen LogP contribution in [-0.2, 0) is 16.1 Å².